The molecule has 1 N–H and O–H groups in total. The van der Waals surface area contributed by atoms with Gasteiger partial charge in [0.25, 0.3) is 5.91 Å². The van der Waals surface area contributed by atoms with Crippen LogP contribution in [0.3, 0.4) is 0 Å². The van der Waals surface area contributed by atoms with E-state index in [-0.39, 0.29) is 37.1 Å². The van der Waals surface area contributed by atoms with E-state index in [1.54, 1.807) is 6.07 Å². The quantitative estimate of drug-likeness (QED) is 0.235. The summed E-state index contributed by atoms with van der Waals surface area (Å²) in [6, 6.07) is 10.7. The Labute approximate surface area is 232 Å². The normalized spacial score (nSPS) is 21.1. The predicted octanol–water partition coefficient (Wildman–Crippen LogP) is 4.68. The number of benzene rings is 2. The van der Waals surface area contributed by atoms with Crippen molar-refractivity contribution in [2.45, 2.75) is 63.7 Å². The topological polar surface area (TPSA) is 123 Å². The van der Waals surface area contributed by atoms with Gasteiger partial charge in [0.1, 0.15) is 23.3 Å². The second-order valence-electron chi connectivity index (χ2n) is 11.6. The lowest BCUT2D eigenvalue weighted by molar-refractivity contribution is -0.146. The number of hydrogen-bond acceptors (Lipinski definition) is 4. The summed E-state index contributed by atoms with van der Waals surface area (Å²) in [5, 5.41) is 6.58. The number of para-hydroxylation sites is 1. The van der Waals surface area contributed by atoms with Gasteiger partial charge in [0, 0.05) is 24.2 Å². The fourth-order valence-corrected chi connectivity index (χ4v) is 5.59. The molecule has 10 nitrogen and oxygen atoms in total. The second-order valence-corrected chi connectivity index (χ2v) is 11.6. The number of anilines is 1. The number of halogens is 1. The van der Waals surface area contributed by atoms with Gasteiger partial charge in [0.05, 0.1) is 6.42 Å². The average molecular weight is 546 g/mol. The minimum atomic E-state index is -1.16. The van der Waals surface area contributed by atoms with E-state index in [1.807, 2.05) is 39.0 Å². The van der Waals surface area contributed by atoms with Gasteiger partial charge < -0.3 is 10.2 Å². The van der Waals surface area contributed by atoms with Gasteiger partial charge in [-0.05, 0) is 53.1 Å². The lowest BCUT2D eigenvalue weighted by atomic mass is 9.80. The van der Waals surface area contributed by atoms with Crippen LogP contribution in [0.5, 0.6) is 0 Å². The van der Waals surface area contributed by atoms with Gasteiger partial charge in [0.15, 0.2) is 0 Å². The molecule has 4 atom stereocenters. The molecule has 1 spiro atoms. The summed E-state index contributed by atoms with van der Waals surface area (Å²) in [5.74, 6) is -1.69. The highest BCUT2D eigenvalue weighted by Gasteiger charge is 2.59. The highest BCUT2D eigenvalue weighted by molar-refractivity contribution is 6.07. The number of likely N-dealkylation sites (tertiary alicyclic amines) is 1. The highest BCUT2D eigenvalue weighted by Crippen LogP contribution is 2.47. The number of likely N-dealkylation sites (N-methyl/N-ethyl adjacent to an activating group) is 1. The van der Waals surface area contributed by atoms with E-state index in [0.717, 1.165) is 5.56 Å². The van der Waals surface area contributed by atoms with E-state index in [1.165, 1.54) is 41.1 Å². The van der Waals surface area contributed by atoms with Crippen molar-refractivity contribution in [2.24, 2.45) is 10.5 Å². The van der Waals surface area contributed by atoms with E-state index in [9.17, 15) is 18.8 Å². The minimum absolute atomic E-state index is 0.0136. The highest BCUT2D eigenvalue weighted by atomic mass is 19.1. The number of azide groups is 1. The first-order valence-corrected chi connectivity index (χ1v) is 13.0. The van der Waals surface area contributed by atoms with Crippen LogP contribution in [0.2, 0.25) is 0 Å². The number of hydrogen-bond donors (Lipinski definition) is 1. The summed E-state index contributed by atoms with van der Waals surface area (Å²) in [4.78, 5) is 50.3. The van der Waals surface area contributed by atoms with Crippen LogP contribution in [0.15, 0.2) is 53.6 Å². The van der Waals surface area contributed by atoms with Crippen LogP contribution in [0.4, 0.5) is 10.1 Å². The molecule has 2 aromatic carbocycles. The zero-order chi connectivity index (χ0) is 29.2. The van der Waals surface area contributed by atoms with Crippen LogP contribution in [0, 0.1) is 17.8 Å². The van der Waals surface area contributed by atoms with Crippen LogP contribution in [-0.2, 0) is 26.2 Å². The molecule has 40 heavy (non-hydrogen) atoms. The zero-order valence-electron chi connectivity index (χ0n) is 23.0. The molecule has 3 amide bonds. The Balaban J connectivity index is 1.65. The molecule has 208 valence electrons. The molecule has 0 aliphatic carbocycles. The monoisotopic (exact) mass is 545 g/mol. The van der Waals surface area contributed by atoms with Gasteiger partial charge in [-0.2, -0.15) is 0 Å². The van der Waals surface area contributed by atoms with Gasteiger partial charge in [-0.3, -0.25) is 24.1 Å². The van der Waals surface area contributed by atoms with Crippen LogP contribution in [0.1, 0.15) is 44.7 Å². The van der Waals surface area contributed by atoms with E-state index in [4.69, 9.17) is 12.1 Å². The Bertz CT molecular complexity index is 1410. The molecular formula is C29H32FN7O3. The Morgan fingerprint density at radius 1 is 1.25 bits per heavy atom. The molecule has 1 fully saturated rings. The summed E-state index contributed by atoms with van der Waals surface area (Å²) in [6.07, 6.45) is -0.442. The van der Waals surface area contributed by atoms with Crippen molar-refractivity contribution < 1.29 is 18.8 Å². The largest absolute Gasteiger partial charge is 0.333 e. The van der Waals surface area contributed by atoms with E-state index < -0.39 is 41.3 Å². The Hall–Kier alpha value is -4.42. The van der Waals surface area contributed by atoms with E-state index >= 15 is 0 Å². The van der Waals surface area contributed by atoms with E-state index in [0.29, 0.717) is 11.3 Å². The van der Waals surface area contributed by atoms with Gasteiger partial charge in [-0.25, -0.2) is 11.0 Å². The van der Waals surface area contributed by atoms with Gasteiger partial charge >= 0.3 is 6.17 Å². The second kappa shape index (κ2) is 11.0. The number of amides is 3. The number of nitrogens with zero attached hydrogens (tertiary/aromatic N) is 6. The summed E-state index contributed by atoms with van der Waals surface area (Å²) in [5.41, 5.74) is 9.75. The molecule has 2 aliphatic heterocycles. The van der Waals surface area contributed by atoms with Crippen molar-refractivity contribution in [3.05, 3.63) is 87.3 Å². The molecule has 2 aromatic rings. The molecule has 0 unspecified atom stereocenters. The number of carbonyl (C=O) groups is 3. The average Bonchev–Trinajstić information content (AvgIpc) is 3.44. The number of nitrogens with one attached hydrogen (secondary N) is 1. The standard InChI is InChI=1S/C29H32FN7O3/c1-28(2,3)15-23(36(5)25(38)22(34-35-31)14-18-10-12-19(30)13-11-18)26(39)37-17-29(16-24(37)32-4)20-8-6-7-9-21(20)33-27(29)40/h6-13,22-24H,14-17H2,1-3,5H3,(H,33,40)/t22-,23-,24-,29-/m0/s1. The first kappa shape index (κ1) is 28.6. The maximum atomic E-state index is 14.2. The molecular weight excluding hydrogens is 513 g/mol. The molecule has 1 saturated heterocycles. The molecule has 0 bridgehead atoms. The summed E-state index contributed by atoms with van der Waals surface area (Å²) in [6.45, 7) is 13.7. The molecule has 0 radical (unpaired) electrons. The molecule has 11 heteroatoms. The summed E-state index contributed by atoms with van der Waals surface area (Å²) >= 11 is 0. The lowest BCUT2D eigenvalue weighted by Gasteiger charge is -2.36. The van der Waals surface area contributed by atoms with Gasteiger partial charge in [-0.15, -0.1) is 0 Å². The van der Waals surface area contributed by atoms with Crippen molar-refractivity contribution in [1.29, 1.82) is 0 Å². The van der Waals surface area contributed by atoms with Crippen LogP contribution in [-0.4, -0.2) is 59.4 Å². The zero-order valence-corrected chi connectivity index (χ0v) is 23.0. The maximum absolute atomic E-state index is 14.2. The third-order valence-corrected chi connectivity index (χ3v) is 7.61. The van der Waals surface area contributed by atoms with Crippen molar-refractivity contribution >= 4 is 23.4 Å². The Morgan fingerprint density at radius 3 is 2.55 bits per heavy atom. The summed E-state index contributed by atoms with van der Waals surface area (Å²) < 4.78 is 13.4. The minimum Gasteiger partial charge on any atom is -0.333 e. The van der Waals surface area contributed by atoms with Gasteiger partial charge in [0.2, 0.25) is 11.8 Å². The van der Waals surface area contributed by atoms with Crippen LogP contribution in [0.25, 0.3) is 15.3 Å². The molecule has 4 rings (SSSR count). The Kier molecular flexibility index (Phi) is 7.85. The number of carbonyl (C=O) groups excluding carboxylic acids is 3. The molecule has 0 saturated carbocycles. The molecule has 0 aromatic heterocycles. The molecule has 2 heterocycles. The van der Waals surface area contributed by atoms with Crippen molar-refractivity contribution in [1.82, 2.24) is 9.80 Å². The maximum Gasteiger partial charge on any atom is 0.302 e. The van der Waals surface area contributed by atoms with Crippen LogP contribution < -0.4 is 5.32 Å². The van der Waals surface area contributed by atoms with E-state index in [2.05, 4.69) is 20.2 Å². The third kappa shape index (κ3) is 5.49. The number of fused-ring (bicyclic) bond motifs is 2. The SMILES string of the molecule is [C-]#[N+][C@@H]1C[C@@]2(CN1C(=O)[C@H](CC(C)(C)C)N(C)C(=O)[C@H](Cc1ccc(F)cc1)N=[N+]=[N-])C(=O)Nc1ccccc12. The summed E-state index contributed by atoms with van der Waals surface area (Å²) in [7, 11) is 1.48. The number of rotatable bonds is 7. The van der Waals surface area contributed by atoms with Gasteiger partial charge in [-0.1, -0.05) is 56.2 Å². The van der Waals surface area contributed by atoms with Crippen molar-refractivity contribution in [2.75, 3.05) is 18.9 Å². The van der Waals surface area contributed by atoms with Crippen molar-refractivity contribution in [3.8, 4) is 0 Å². The third-order valence-electron chi connectivity index (χ3n) is 7.61. The predicted molar refractivity (Wildman–Crippen MR) is 147 cm³/mol. The smallest absolute Gasteiger partial charge is 0.302 e. The first-order chi connectivity index (χ1) is 18.9. The Morgan fingerprint density at radius 2 is 1.93 bits per heavy atom. The van der Waals surface area contributed by atoms with Crippen molar-refractivity contribution in [3.63, 3.8) is 0 Å². The first-order valence-electron chi connectivity index (χ1n) is 13.0. The fourth-order valence-electron chi connectivity index (χ4n) is 5.59. The molecule has 2 aliphatic rings. The fraction of sp³-hybridized carbons (Fsp3) is 0.448. The van der Waals surface area contributed by atoms with Crippen LogP contribution >= 0.6 is 0 Å². The lowest BCUT2D eigenvalue weighted by Crippen LogP contribution is -2.54.